The van der Waals surface area contributed by atoms with Crippen LogP contribution in [0.1, 0.15) is 41.7 Å². The van der Waals surface area contributed by atoms with Gasteiger partial charge in [-0.3, -0.25) is 9.59 Å². The van der Waals surface area contributed by atoms with Crippen LogP contribution >= 0.6 is 0 Å². The fourth-order valence-corrected chi connectivity index (χ4v) is 3.28. The van der Waals surface area contributed by atoms with Gasteiger partial charge in [-0.15, -0.1) is 0 Å². The Morgan fingerprint density at radius 2 is 1.74 bits per heavy atom. The SMILES string of the molecule is Cc1ccc(C(=O)NC2CCC(Oc3cc(F)cc(F)c3)CC2)c(=O)n1C. The lowest BCUT2D eigenvalue weighted by molar-refractivity contribution is 0.0891. The van der Waals surface area contributed by atoms with E-state index in [4.69, 9.17) is 4.74 Å². The zero-order valence-corrected chi connectivity index (χ0v) is 15.3. The zero-order valence-electron chi connectivity index (χ0n) is 15.3. The standard InChI is InChI=1S/C20H22F2N2O3/c1-12-3-8-18(20(26)24(12)2)19(25)23-15-4-6-16(7-5-15)27-17-10-13(21)9-14(22)11-17/h3,8-11,15-16H,4-7H2,1-2H3,(H,23,25). The number of carbonyl (C=O) groups excluding carboxylic acids is 1. The summed E-state index contributed by atoms with van der Waals surface area (Å²) >= 11 is 0. The summed E-state index contributed by atoms with van der Waals surface area (Å²) in [6.07, 6.45) is 2.47. The number of nitrogens with zero attached hydrogens (tertiary/aromatic N) is 1. The molecule has 1 heterocycles. The topological polar surface area (TPSA) is 60.3 Å². The number of carbonyl (C=O) groups is 1. The van der Waals surface area contributed by atoms with Gasteiger partial charge in [0.1, 0.15) is 22.9 Å². The first kappa shape index (κ1) is 19.1. The Morgan fingerprint density at radius 3 is 2.37 bits per heavy atom. The number of rotatable bonds is 4. The predicted octanol–water partition coefficient (Wildman–Crippen LogP) is 3.09. The number of ether oxygens (including phenoxy) is 1. The van der Waals surface area contributed by atoms with Crippen LogP contribution in [-0.4, -0.2) is 22.6 Å². The maximum atomic E-state index is 13.2. The van der Waals surface area contributed by atoms with E-state index in [0.29, 0.717) is 25.7 Å². The molecule has 3 rings (SSSR count). The highest BCUT2D eigenvalue weighted by molar-refractivity contribution is 5.94. The fraction of sp³-hybridized carbons (Fsp3) is 0.400. The summed E-state index contributed by atoms with van der Waals surface area (Å²) in [5.74, 6) is -1.56. The van der Waals surface area contributed by atoms with Crippen molar-refractivity contribution in [1.82, 2.24) is 9.88 Å². The Balaban J connectivity index is 1.56. The average Bonchev–Trinajstić information content (AvgIpc) is 2.60. The highest BCUT2D eigenvalue weighted by Crippen LogP contribution is 2.25. The summed E-state index contributed by atoms with van der Waals surface area (Å²) in [6, 6.07) is 6.33. The molecule has 1 aromatic heterocycles. The molecular formula is C20H22F2N2O3. The third-order valence-electron chi connectivity index (χ3n) is 4.95. The molecule has 0 radical (unpaired) electrons. The van der Waals surface area contributed by atoms with Gasteiger partial charge in [-0.1, -0.05) is 0 Å². The summed E-state index contributed by atoms with van der Waals surface area (Å²) in [7, 11) is 1.63. The molecule has 0 bridgehead atoms. The third kappa shape index (κ3) is 4.53. The molecule has 5 nitrogen and oxygen atoms in total. The van der Waals surface area contributed by atoms with E-state index < -0.39 is 11.6 Å². The number of nitrogens with one attached hydrogen (secondary N) is 1. The van der Waals surface area contributed by atoms with Crippen molar-refractivity contribution < 1.29 is 18.3 Å². The highest BCUT2D eigenvalue weighted by Gasteiger charge is 2.25. The second-order valence-corrected chi connectivity index (χ2v) is 6.92. The van der Waals surface area contributed by atoms with E-state index in [2.05, 4.69) is 5.32 Å². The van der Waals surface area contributed by atoms with Crippen LogP contribution < -0.4 is 15.6 Å². The molecule has 1 amide bonds. The van der Waals surface area contributed by atoms with Crippen molar-refractivity contribution >= 4 is 5.91 Å². The molecule has 0 saturated heterocycles. The van der Waals surface area contributed by atoms with Gasteiger partial charge >= 0.3 is 0 Å². The molecular weight excluding hydrogens is 354 g/mol. The number of hydrogen-bond donors (Lipinski definition) is 1. The van der Waals surface area contributed by atoms with Crippen LogP contribution in [0.3, 0.4) is 0 Å². The number of pyridine rings is 1. The third-order valence-corrected chi connectivity index (χ3v) is 4.95. The minimum atomic E-state index is -0.675. The van der Waals surface area contributed by atoms with Crippen molar-refractivity contribution in [2.45, 2.75) is 44.8 Å². The molecule has 1 aromatic carbocycles. The minimum Gasteiger partial charge on any atom is -0.490 e. The lowest BCUT2D eigenvalue weighted by Gasteiger charge is -2.29. The summed E-state index contributed by atoms with van der Waals surface area (Å²) in [6.45, 7) is 1.80. The molecule has 0 atom stereocenters. The van der Waals surface area contributed by atoms with Gasteiger partial charge in [0.25, 0.3) is 11.5 Å². The minimum absolute atomic E-state index is 0.0624. The van der Waals surface area contributed by atoms with Crippen molar-refractivity contribution in [3.8, 4) is 5.75 Å². The van der Waals surface area contributed by atoms with Crippen LogP contribution in [0.2, 0.25) is 0 Å². The van der Waals surface area contributed by atoms with Crippen LogP contribution in [0.5, 0.6) is 5.75 Å². The molecule has 1 fully saturated rings. The van der Waals surface area contributed by atoms with Crippen molar-refractivity contribution in [2.24, 2.45) is 7.05 Å². The molecule has 1 aliphatic rings. The molecule has 1 aliphatic carbocycles. The lowest BCUT2D eigenvalue weighted by atomic mass is 9.92. The number of benzene rings is 1. The molecule has 144 valence electrons. The molecule has 0 spiro atoms. The fourth-order valence-electron chi connectivity index (χ4n) is 3.28. The Bertz CT molecular complexity index is 882. The lowest BCUT2D eigenvalue weighted by Crippen LogP contribution is -2.42. The maximum Gasteiger partial charge on any atom is 0.263 e. The van der Waals surface area contributed by atoms with Crippen molar-refractivity contribution in [3.63, 3.8) is 0 Å². The number of halogens is 2. The van der Waals surface area contributed by atoms with Crippen LogP contribution in [0.4, 0.5) is 8.78 Å². The summed E-state index contributed by atoms with van der Waals surface area (Å²) in [5.41, 5.74) is 0.581. The van der Waals surface area contributed by atoms with Gasteiger partial charge in [-0.05, 0) is 44.7 Å². The first-order chi connectivity index (χ1) is 12.8. The van der Waals surface area contributed by atoms with Crippen LogP contribution in [0.15, 0.2) is 35.1 Å². The average molecular weight is 376 g/mol. The molecule has 1 N–H and O–H groups in total. The molecule has 7 heteroatoms. The van der Waals surface area contributed by atoms with E-state index in [0.717, 1.165) is 23.9 Å². The first-order valence-electron chi connectivity index (χ1n) is 8.93. The van der Waals surface area contributed by atoms with E-state index in [1.165, 1.54) is 4.57 Å². The number of aromatic nitrogens is 1. The second-order valence-electron chi connectivity index (χ2n) is 6.92. The predicted molar refractivity (Wildman–Crippen MR) is 96.9 cm³/mol. The summed E-state index contributed by atoms with van der Waals surface area (Å²) < 4.78 is 33.6. The van der Waals surface area contributed by atoms with Gasteiger partial charge in [-0.2, -0.15) is 0 Å². The van der Waals surface area contributed by atoms with Gasteiger partial charge < -0.3 is 14.6 Å². The van der Waals surface area contributed by atoms with Crippen LogP contribution in [-0.2, 0) is 7.05 Å². The monoisotopic (exact) mass is 376 g/mol. The zero-order chi connectivity index (χ0) is 19.6. The molecule has 0 unspecified atom stereocenters. The number of amides is 1. The summed E-state index contributed by atoms with van der Waals surface area (Å²) in [4.78, 5) is 24.6. The van der Waals surface area contributed by atoms with Gasteiger partial charge in [0, 0.05) is 37.0 Å². The molecule has 2 aromatic rings. The quantitative estimate of drug-likeness (QED) is 0.892. The van der Waals surface area contributed by atoms with Gasteiger partial charge in [-0.25, -0.2) is 8.78 Å². The second kappa shape index (κ2) is 7.90. The highest BCUT2D eigenvalue weighted by atomic mass is 19.1. The van der Waals surface area contributed by atoms with Crippen molar-refractivity contribution in [2.75, 3.05) is 0 Å². The Morgan fingerprint density at radius 1 is 1.11 bits per heavy atom. The maximum absolute atomic E-state index is 13.2. The molecule has 27 heavy (non-hydrogen) atoms. The summed E-state index contributed by atoms with van der Waals surface area (Å²) in [5, 5.41) is 2.90. The molecule has 1 saturated carbocycles. The Hall–Kier alpha value is -2.70. The van der Waals surface area contributed by atoms with Crippen LogP contribution in [0.25, 0.3) is 0 Å². The Labute approximate surface area is 156 Å². The Kier molecular flexibility index (Phi) is 5.58. The van der Waals surface area contributed by atoms with Crippen LogP contribution in [0, 0.1) is 18.6 Å². The van der Waals surface area contributed by atoms with Crippen molar-refractivity contribution in [3.05, 3.63) is 63.6 Å². The van der Waals surface area contributed by atoms with Gasteiger partial charge in [0.15, 0.2) is 0 Å². The van der Waals surface area contributed by atoms with E-state index in [1.807, 2.05) is 0 Å². The van der Waals surface area contributed by atoms with E-state index in [9.17, 15) is 18.4 Å². The van der Waals surface area contributed by atoms with Gasteiger partial charge in [0.05, 0.1) is 6.10 Å². The van der Waals surface area contributed by atoms with Crippen molar-refractivity contribution in [1.29, 1.82) is 0 Å². The molecule has 0 aliphatic heterocycles. The van der Waals surface area contributed by atoms with E-state index >= 15 is 0 Å². The number of aryl methyl sites for hydroxylation is 1. The number of hydrogen-bond acceptors (Lipinski definition) is 3. The van der Waals surface area contributed by atoms with Gasteiger partial charge in [0.2, 0.25) is 0 Å². The first-order valence-corrected chi connectivity index (χ1v) is 8.93. The van der Waals surface area contributed by atoms with E-state index in [1.54, 1.807) is 26.1 Å². The smallest absolute Gasteiger partial charge is 0.263 e. The largest absolute Gasteiger partial charge is 0.490 e. The van der Waals surface area contributed by atoms with E-state index in [-0.39, 0.29) is 34.9 Å². The normalized spacial score (nSPS) is 19.6.